The fraction of sp³-hybridized carbons (Fsp3) is 0.875. The molecule has 0 aliphatic rings. The number of carbonyl (C=O) groups excluding carboxylic acids is 1. The van der Waals surface area contributed by atoms with Crippen LogP contribution in [0.4, 0.5) is 0 Å². The fourth-order valence-corrected chi connectivity index (χ4v) is 2.26. The van der Waals surface area contributed by atoms with Crippen LogP contribution < -0.4 is 5.73 Å². The lowest BCUT2D eigenvalue weighted by Gasteiger charge is -2.11. The zero-order chi connectivity index (χ0) is 11.4. The van der Waals surface area contributed by atoms with E-state index in [4.69, 9.17) is 5.73 Å². The van der Waals surface area contributed by atoms with E-state index in [1.54, 1.807) is 6.92 Å². The third-order valence-corrected chi connectivity index (χ3v) is 3.27. The molecule has 5 nitrogen and oxygen atoms in total. The number of sulfone groups is 1. The lowest BCUT2D eigenvalue weighted by molar-refractivity contribution is -0.125. The molecule has 2 N–H and O–H groups in total. The Morgan fingerprint density at radius 1 is 1.43 bits per heavy atom. The predicted octanol–water partition coefficient (Wildman–Crippen LogP) is -0.773. The van der Waals surface area contributed by atoms with Crippen LogP contribution in [0.5, 0.6) is 0 Å². The highest BCUT2D eigenvalue weighted by Gasteiger charge is 2.18. The van der Waals surface area contributed by atoms with Crippen molar-refractivity contribution in [3.63, 3.8) is 0 Å². The number of nitrogens with two attached hydrogens (primary N) is 1. The first-order valence-corrected chi connectivity index (χ1v) is 6.23. The number of hydrogen-bond donors (Lipinski definition) is 1. The van der Waals surface area contributed by atoms with Gasteiger partial charge in [-0.25, -0.2) is 8.42 Å². The van der Waals surface area contributed by atoms with Gasteiger partial charge in [0, 0.05) is 20.1 Å². The van der Waals surface area contributed by atoms with Gasteiger partial charge in [-0.3, -0.25) is 4.79 Å². The molecule has 1 unspecified atom stereocenters. The molecule has 1 atom stereocenters. The van der Waals surface area contributed by atoms with Gasteiger partial charge in [0.15, 0.2) is 9.84 Å². The molecule has 0 spiro atoms. The van der Waals surface area contributed by atoms with Crippen LogP contribution in [0.1, 0.15) is 13.3 Å². The van der Waals surface area contributed by atoms with Gasteiger partial charge in [0.25, 0.3) is 0 Å². The van der Waals surface area contributed by atoms with Crippen molar-refractivity contribution >= 4 is 15.7 Å². The maximum Gasteiger partial charge on any atom is 0.237 e. The Kier molecular flexibility index (Phi) is 5.07. The van der Waals surface area contributed by atoms with Crippen LogP contribution >= 0.6 is 0 Å². The molecule has 0 heterocycles. The van der Waals surface area contributed by atoms with Gasteiger partial charge in [0.1, 0.15) is 5.75 Å². The summed E-state index contributed by atoms with van der Waals surface area (Å²) in [7, 11) is -0.230. The largest absolute Gasteiger partial charge is 0.348 e. The first-order chi connectivity index (χ1) is 6.24. The molecule has 0 fully saturated rings. The Hall–Kier alpha value is -0.620. The third kappa shape index (κ3) is 5.93. The first kappa shape index (κ1) is 13.4. The Balaban J connectivity index is 4.15. The maximum absolute atomic E-state index is 11.3. The van der Waals surface area contributed by atoms with Crippen molar-refractivity contribution < 1.29 is 13.2 Å². The molecule has 0 rings (SSSR count). The number of nitrogens with zero attached hydrogens (tertiary/aromatic N) is 1. The molecule has 0 aromatic rings. The summed E-state index contributed by atoms with van der Waals surface area (Å²) >= 11 is 0. The van der Waals surface area contributed by atoms with E-state index in [2.05, 4.69) is 0 Å². The quantitative estimate of drug-likeness (QED) is 0.662. The summed E-state index contributed by atoms with van der Waals surface area (Å²) in [5.74, 6) is -0.841. The molecule has 14 heavy (non-hydrogen) atoms. The Labute approximate surface area is 85.2 Å². The summed E-state index contributed by atoms with van der Waals surface area (Å²) < 4.78 is 22.7. The minimum atomic E-state index is -3.29. The number of hydrogen-bond acceptors (Lipinski definition) is 4. The highest BCUT2D eigenvalue weighted by atomic mass is 32.2. The molecule has 84 valence electrons. The monoisotopic (exact) mass is 222 g/mol. The van der Waals surface area contributed by atoms with Gasteiger partial charge in [-0.2, -0.15) is 0 Å². The van der Waals surface area contributed by atoms with E-state index in [0.29, 0.717) is 6.42 Å². The Morgan fingerprint density at radius 3 is 2.29 bits per heavy atom. The van der Waals surface area contributed by atoms with Crippen LogP contribution in [0.15, 0.2) is 0 Å². The van der Waals surface area contributed by atoms with E-state index < -0.39 is 21.5 Å². The second-order valence-electron chi connectivity index (χ2n) is 3.65. The van der Waals surface area contributed by atoms with Crippen LogP contribution in [0.25, 0.3) is 0 Å². The lowest BCUT2D eigenvalue weighted by Crippen LogP contribution is -2.31. The minimum Gasteiger partial charge on any atom is -0.348 e. The number of rotatable bonds is 5. The molecular formula is C8H18N2O3S. The van der Waals surface area contributed by atoms with Gasteiger partial charge in [-0.1, -0.05) is 0 Å². The molecule has 6 heteroatoms. The highest BCUT2D eigenvalue weighted by molar-refractivity contribution is 7.92. The molecule has 0 aliphatic carbocycles. The van der Waals surface area contributed by atoms with Crippen molar-refractivity contribution in [2.45, 2.75) is 19.4 Å². The topological polar surface area (TPSA) is 80.5 Å². The van der Waals surface area contributed by atoms with Gasteiger partial charge >= 0.3 is 0 Å². The summed E-state index contributed by atoms with van der Waals surface area (Å²) in [6.07, 6.45) is 0.392. The third-order valence-electron chi connectivity index (χ3n) is 1.73. The highest BCUT2D eigenvalue weighted by Crippen LogP contribution is 1.98. The second kappa shape index (κ2) is 5.31. The maximum atomic E-state index is 11.3. The molecule has 0 saturated heterocycles. The van der Waals surface area contributed by atoms with Crippen LogP contribution in [-0.4, -0.2) is 50.9 Å². The van der Waals surface area contributed by atoms with Gasteiger partial charge in [-0.15, -0.1) is 0 Å². The van der Waals surface area contributed by atoms with Gasteiger partial charge in [0.05, 0.1) is 5.75 Å². The molecule has 0 aromatic carbocycles. The van der Waals surface area contributed by atoms with E-state index in [9.17, 15) is 13.2 Å². The number of carbonyl (C=O) groups is 1. The second-order valence-corrected chi connectivity index (χ2v) is 5.83. The zero-order valence-corrected chi connectivity index (χ0v) is 9.67. The van der Waals surface area contributed by atoms with Crippen LogP contribution in [-0.2, 0) is 14.6 Å². The average Bonchev–Trinajstić information content (AvgIpc) is 2.00. The average molecular weight is 222 g/mol. The lowest BCUT2D eigenvalue weighted by atomic mass is 10.3. The van der Waals surface area contributed by atoms with E-state index >= 15 is 0 Å². The van der Waals surface area contributed by atoms with Crippen molar-refractivity contribution in [1.29, 1.82) is 0 Å². The standard InChI is InChI=1S/C8H18N2O3S/c1-7(9)4-5-14(12,13)6-8(11)10(2)3/h7H,4-6,9H2,1-3H3. The van der Waals surface area contributed by atoms with E-state index in [1.807, 2.05) is 0 Å². The summed E-state index contributed by atoms with van der Waals surface area (Å²) in [4.78, 5) is 12.4. The summed E-state index contributed by atoms with van der Waals surface area (Å²) in [6.45, 7) is 1.74. The summed E-state index contributed by atoms with van der Waals surface area (Å²) in [6, 6.07) is -0.153. The predicted molar refractivity (Wildman–Crippen MR) is 55.6 cm³/mol. The first-order valence-electron chi connectivity index (χ1n) is 4.41. The molecule has 0 aromatic heterocycles. The molecule has 0 aliphatic heterocycles. The van der Waals surface area contributed by atoms with E-state index in [1.165, 1.54) is 19.0 Å². The van der Waals surface area contributed by atoms with E-state index in [-0.39, 0.29) is 11.8 Å². The van der Waals surface area contributed by atoms with Gasteiger partial charge in [-0.05, 0) is 13.3 Å². The fourth-order valence-electron chi connectivity index (χ4n) is 0.755. The number of amides is 1. The van der Waals surface area contributed by atoms with Crippen molar-refractivity contribution in [2.75, 3.05) is 25.6 Å². The van der Waals surface area contributed by atoms with Crippen molar-refractivity contribution in [2.24, 2.45) is 5.73 Å². The van der Waals surface area contributed by atoms with Crippen LogP contribution in [0, 0.1) is 0 Å². The molecule has 1 amide bonds. The Morgan fingerprint density at radius 2 is 1.93 bits per heavy atom. The van der Waals surface area contributed by atoms with Crippen molar-refractivity contribution in [3.8, 4) is 0 Å². The molecule has 0 bridgehead atoms. The summed E-state index contributed by atoms with van der Waals surface area (Å²) in [5.41, 5.74) is 5.43. The minimum absolute atomic E-state index is 0.0236. The zero-order valence-electron chi connectivity index (χ0n) is 8.86. The van der Waals surface area contributed by atoms with Crippen LogP contribution in [0.3, 0.4) is 0 Å². The van der Waals surface area contributed by atoms with Crippen LogP contribution in [0.2, 0.25) is 0 Å². The Bertz CT molecular complexity index is 283. The molecule has 0 saturated carbocycles. The SMILES string of the molecule is CC(N)CCS(=O)(=O)CC(=O)N(C)C. The van der Waals surface area contributed by atoms with Crippen molar-refractivity contribution in [1.82, 2.24) is 4.90 Å². The molecular weight excluding hydrogens is 204 g/mol. The van der Waals surface area contributed by atoms with Crippen molar-refractivity contribution in [3.05, 3.63) is 0 Å². The van der Waals surface area contributed by atoms with Gasteiger partial charge in [0.2, 0.25) is 5.91 Å². The molecule has 0 radical (unpaired) electrons. The van der Waals surface area contributed by atoms with E-state index in [0.717, 1.165) is 0 Å². The normalized spacial score (nSPS) is 13.7. The van der Waals surface area contributed by atoms with Gasteiger partial charge < -0.3 is 10.6 Å². The smallest absolute Gasteiger partial charge is 0.237 e. The summed E-state index contributed by atoms with van der Waals surface area (Å²) in [5, 5.41) is 0.